The number of benzene rings is 2. The molecule has 0 saturated carbocycles. The van der Waals surface area contributed by atoms with Crippen molar-refractivity contribution in [1.82, 2.24) is 4.31 Å². The Balaban J connectivity index is 2.04. The molecule has 3 rings (SSSR count). The number of rotatable bonds is 6. The molecule has 7 heteroatoms. The first-order valence-corrected chi connectivity index (χ1v) is 10.2. The van der Waals surface area contributed by atoms with Gasteiger partial charge in [-0.15, -0.1) is 0 Å². The van der Waals surface area contributed by atoms with E-state index in [-0.39, 0.29) is 16.7 Å². The standard InChI is InChI=1S/C20H23NO5S/c1-14(22)15-6-4-7-17(12-15)27(23,24)21-11-5-8-19(21)18-13-16(25-2)9-10-20(18)26-3/h4,6-7,9-10,12-13,19H,5,8,11H2,1-3H3. The van der Waals surface area contributed by atoms with Crippen LogP contribution in [0.4, 0.5) is 0 Å². The molecule has 2 aromatic carbocycles. The number of ether oxygens (including phenoxy) is 2. The smallest absolute Gasteiger partial charge is 0.243 e. The Bertz CT molecular complexity index is 955. The Morgan fingerprint density at radius 3 is 2.56 bits per heavy atom. The Hall–Kier alpha value is -2.38. The summed E-state index contributed by atoms with van der Waals surface area (Å²) in [6.07, 6.45) is 1.44. The lowest BCUT2D eigenvalue weighted by molar-refractivity contribution is 0.101. The topological polar surface area (TPSA) is 72.9 Å². The zero-order chi connectivity index (χ0) is 19.6. The van der Waals surface area contributed by atoms with Crippen molar-refractivity contribution >= 4 is 15.8 Å². The van der Waals surface area contributed by atoms with E-state index in [1.807, 2.05) is 6.07 Å². The summed E-state index contributed by atoms with van der Waals surface area (Å²) >= 11 is 0. The van der Waals surface area contributed by atoms with Crippen LogP contribution in [0.1, 0.15) is 41.7 Å². The first-order valence-electron chi connectivity index (χ1n) is 8.73. The monoisotopic (exact) mass is 389 g/mol. The van der Waals surface area contributed by atoms with Crippen LogP contribution in [0.2, 0.25) is 0 Å². The van der Waals surface area contributed by atoms with Crippen LogP contribution in [0, 0.1) is 0 Å². The van der Waals surface area contributed by atoms with Crippen LogP contribution in [-0.2, 0) is 10.0 Å². The maximum absolute atomic E-state index is 13.3. The second-order valence-corrected chi connectivity index (χ2v) is 8.36. The van der Waals surface area contributed by atoms with Gasteiger partial charge < -0.3 is 9.47 Å². The van der Waals surface area contributed by atoms with Crippen molar-refractivity contribution in [3.05, 3.63) is 53.6 Å². The van der Waals surface area contributed by atoms with E-state index in [1.54, 1.807) is 38.5 Å². The highest BCUT2D eigenvalue weighted by Crippen LogP contribution is 2.41. The molecular formula is C20H23NO5S. The predicted octanol–water partition coefficient (Wildman–Crippen LogP) is 3.43. The minimum Gasteiger partial charge on any atom is -0.497 e. The zero-order valence-electron chi connectivity index (χ0n) is 15.6. The lowest BCUT2D eigenvalue weighted by atomic mass is 10.0. The number of sulfonamides is 1. The molecule has 0 bridgehead atoms. The predicted molar refractivity (Wildman–Crippen MR) is 102 cm³/mol. The van der Waals surface area contributed by atoms with Gasteiger partial charge in [-0.25, -0.2) is 8.42 Å². The average Bonchev–Trinajstić information content (AvgIpc) is 3.18. The van der Waals surface area contributed by atoms with Crippen molar-refractivity contribution in [2.75, 3.05) is 20.8 Å². The molecule has 2 aromatic rings. The molecule has 0 amide bonds. The number of carbonyl (C=O) groups is 1. The molecule has 1 unspecified atom stereocenters. The van der Waals surface area contributed by atoms with E-state index in [4.69, 9.17) is 9.47 Å². The molecule has 1 aliphatic heterocycles. The molecule has 0 aromatic heterocycles. The van der Waals surface area contributed by atoms with Gasteiger partial charge in [0.15, 0.2) is 5.78 Å². The average molecular weight is 389 g/mol. The van der Waals surface area contributed by atoms with E-state index >= 15 is 0 Å². The second kappa shape index (κ2) is 7.70. The van der Waals surface area contributed by atoms with Crippen LogP contribution in [-0.4, -0.2) is 39.3 Å². The minimum atomic E-state index is -3.75. The summed E-state index contributed by atoms with van der Waals surface area (Å²) in [6, 6.07) is 11.2. The van der Waals surface area contributed by atoms with Crippen LogP contribution in [0.3, 0.4) is 0 Å². The highest BCUT2D eigenvalue weighted by Gasteiger charge is 2.37. The normalized spacial score (nSPS) is 17.7. The first-order chi connectivity index (χ1) is 12.9. The van der Waals surface area contributed by atoms with Gasteiger partial charge in [0, 0.05) is 17.7 Å². The lowest BCUT2D eigenvalue weighted by Gasteiger charge is -2.26. The molecule has 0 N–H and O–H groups in total. The Morgan fingerprint density at radius 2 is 1.89 bits per heavy atom. The molecule has 1 fully saturated rings. The molecule has 6 nitrogen and oxygen atoms in total. The molecule has 1 atom stereocenters. The van der Waals surface area contributed by atoms with Crippen LogP contribution in [0.25, 0.3) is 0 Å². The fraction of sp³-hybridized carbons (Fsp3) is 0.350. The number of methoxy groups -OCH3 is 2. The zero-order valence-corrected chi connectivity index (χ0v) is 16.5. The van der Waals surface area contributed by atoms with Crippen molar-refractivity contribution in [3.8, 4) is 11.5 Å². The molecule has 144 valence electrons. The summed E-state index contributed by atoms with van der Waals surface area (Å²) in [7, 11) is -0.616. The van der Waals surface area contributed by atoms with Crippen LogP contribution < -0.4 is 9.47 Å². The van der Waals surface area contributed by atoms with E-state index < -0.39 is 10.0 Å². The van der Waals surface area contributed by atoms with E-state index in [0.717, 1.165) is 12.0 Å². The molecule has 1 aliphatic rings. The molecule has 0 aliphatic carbocycles. The summed E-state index contributed by atoms with van der Waals surface area (Å²) in [5, 5.41) is 0. The van der Waals surface area contributed by atoms with Crippen molar-refractivity contribution in [2.24, 2.45) is 0 Å². The maximum atomic E-state index is 13.3. The third-order valence-corrected chi connectivity index (χ3v) is 6.75. The maximum Gasteiger partial charge on any atom is 0.243 e. The molecule has 27 heavy (non-hydrogen) atoms. The van der Waals surface area contributed by atoms with Gasteiger partial charge in [0.25, 0.3) is 0 Å². The lowest BCUT2D eigenvalue weighted by Crippen LogP contribution is -2.31. The number of carbonyl (C=O) groups excluding carboxylic acids is 1. The van der Waals surface area contributed by atoms with E-state index in [2.05, 4.69) is 0 Å². The largest absolute Gasteiger partial charge is 0.497 e. The fourth-order valence-corrected chi connectivity index (χ4v) is 5.17. The fourth-order valence-electron chi connectivity index (χ4n) is 3.45. The molecular weight excluding hydrogens is 366 g/mol. The quantitative estimate of drug-likeness (QED) is 0.708. The summed E-state index contributed by atoms with van der Waals surface area (Å²) in [4.78, 5) is 11.8. The molecule has 1 heterocycles. The van der Waals surface area contributed by atoms with Crippen LogP contribution in [0.15, 0.2) is 47.4 Å². The molecule has 1 saturated heterocycles. The van der Waals surface area contributed by atoms with E-state index in [9.17, 15) is 13.2 Å². The third kappa shape index (κ3) is 3.70. The van der Waals surface area contributed by atoms with Crippen LogP contribution >= 0.6 is 0 Å². The molecule has 0 spiro atoms. The van der Waals surface area contributed by atoms with Crippen molar-refractivity contribution in [1.29, 1.82) is 0 Å². The minimum absolute atomic E-state index is 0.129. The molecule has 0 radical (unpaired) electrons. The van der Waals surface area contributed by atoms with Gasteiger partial charge in [-0.05, 0) is 50.1 Å². The van der Waals surface area contributed by atoms with Gasteiger partial charge >= 0.3 is 0 Å². The van der Waals surface area contributed by atoms with Gasteiger partial charge in [-0.3, -0.25) is 4.79 Å². The first kappa shape index (κ1) is 19.4. The third-order valence-electron chi connectivity index (χ3n) is 4.85. The SMILES string of the molecule is COc1ccc(OC)c(C2CCCN2S(=O)(=O)c2cccc(C(C)=O)c2)c1. The van der Waals surface area contributed by atoms with Gasteiger partial charge in [0.1, 0.15) is 11.5 Å². The van der Waals surface area contributed by atoms with Crippen molar-refractivity contribution in [3.63, 3.8) is 0 Å². The summed E-state index contributed by atoms with van der Waals surface area (Å²) in [6.45, 7) is 1.84. The number of Topliss-reactive ketones (excluding diaryl/α,β-unsaturated/α-hetero) is 1. The Kier molecular flexibility index (Phi) is 5.53. The van der Waals surface area contributed by atoms with Crippen molar-refractivity contribution < 1.29 is 22.7 Å². The van der Waals surface area contributed by atoms with Gasteiger partial charge in [0.2, 0.25) is 10.0 Å². The Morgan fingerprint density at radius 1 is 1.11 bits per heavy atom. The Labute approximate surface area is 159 Å². The van der Waals surface area contributed by atoms with Crippen LogP contribution in [0.5, 0.6) is 11.5 Å². The van der Waals surface area contributed by atoms with Crippen molar-refractivity contribution in [2.45, 2.75) is 30.7 Å². The van der Waals surface area contributed by atoms with E-state index in [1.165, 1.54) is 23.4 Å². The highest BCUT2D eigenvalue weighted by atomic mass is 32.2. The van der Waals surface area contributed by atoms with Gasteiger partial charge in [-0.2, -0.15) is 4.31 Å². The van der Waals surface area contributed by atoms with Gasteiger partial charge in [0.05, 0.1) is 25.2 Å². The van der Waals surface area contributed by atoms with E-state index in [0.29, 0.717) is 30.0 Å². The number of nitrogens with zero attached hydrogens (tertiary/aromatic N) is 1. The highest BCUT2D eigenvalue weighted by molar-refractivity contribution is 7.89. The van der Waals surface area contributed by atoms with Gasteiger partial charge in [-0.1, -0.05) is 12.1 Å². The second-order valence-electron chi connectivity index (χ2n) is 6.47. The number of hydrogen-bond acceptors (Lipinski definition) is 5. The summed E-state index contributed by atoms with van der Waals surface area (Å²) in [5.41, 5.74) is 1.16. The number of hydrogen-bond donors (Lipinski definition) is 0. The summed E-state index contributed by atoms with van der Waals surface area (Å²) in [5.74, 6) is 1.11. The number of ketones is 1. The summed E-state index contributed by atoms with van der Waals surface area (Å²) < 4.78 is 38.8.